The van der Waals surface area contributed by atoms with Crippen LogP contribution in [0.25, 0.3) is 0 Å². The van der Waals surface area contributed by atoms with Crippen molar-refractivity contribution in [3.63, 3.8) is 0 Å². The predicted octanol–water partition coefficient (Wildman–Crippen LogP) is -1.06. The van der Waals surface area contributed by atoms with Crippen molar-refractivity contribution in [1.29, 1.82) is 0 Å². The third-order valence-corrected chi connectivity index (χ3v) is 0.246. The number of hydrogen-bond acceptors (Lipinski definition) is 3. The van der Waals surface area contributed by atoms with Gasteiger partial charge in [-0.25, -0.2) is 4.79 Å². The van der Waals surface area contributed by atoms with Crippen molar-refractivity contribution in [2.24, 2.45) is 5.73 Å². The van der Waals surface area contributed by atoms with E-state index in [1.54, 1.807) is 0 Å². The zero-order valence-electron chi connectivity index (χ0n) is 4.70. The molecule has 9 heavy (non-hydrogen) atoms. The molecular weight excluding hydrogens is 130 g/mol. The van der Waals surface area contributed by atoms with E-state index in [4.69, 9.17) is 15.3 Å². The fourth-order valence-electron chi connectivity index (χ4n) is 0. The van der Waals surface area contributed by atoms with Gasteiger partial charge in [0.2, 0.25) is 0 Å². The molecule has 7 nitrogen and oxygen atoms in total. The molecule has 0 bridgehead atoms. The van der Waals surface area contributed by atoms with E-state index in [-0.39, 0.29) is 0 Å². The van der Waals surface area contributed by atoms with Crippen LogP contribution in [0.15, 0.2) is 0 Å². The summed E-state index contributed by atoms with van der Waals surface area (Å²) >= 11 is 0. The Morgan fingerprint density at radius 3 is 2.00 bits per heavy atom. The maximum atomic E-state index is 9.48. The Morgan fingerprint density at radius 2 is 2.00 bits per heavy atom. The molecular formula is C2H7N3O4. The van der Waals surface area contributed by atoms with Gasteiger partial charge in [-0.1, -0.05) is 0 Å². The molecule has 54 valence electrons. The SMILES string of the molecule is CNC(N)=O.O=[N+]([O-])O. The van der Waals surface area contributed by atoms with Gasteiger partial charge in [-0.2, -0.15) is 0 Å². The average Bonchev–Trinajstić information content (AvgIpc) is 1.65. The highest BCUT2D eigenvalue weighted by atomic mass is 16.9. The molecule has 7 heteroatoms. The number of nitrogens with two attached hydrogens (primary N) is 1. The van der Waals surface area contributed by atoms with E-state index in [2.05, 4.69) is 11.1 Å². The van der Waals surface area contributed by atoms with Gasteiger partial charge >= 0.3 is 6.03 Å². The van der Waals surface area contributed by atoms with E-state index in [1.165, 1.54) is 7.05 Å². The predicted molar refractivity (Wildman–Crippen MR) is 27.4 cm³/mol. The first kappa shape index (κ1) is 10.5. The molecule has 0 unspecified atom stereocenters. The van der Waals surface area contributed by atoms with Crippen LogP contribution in [0.2, 0.25) is 0 Å². The number of rotatable bonds is 0. The number of primary amides is 1. The first-order chi connectivity index (χ1) is 4.00. The Labute approximate surface area is 50.6 Å². The van der Waals surface area contributed by atoms with Gasteiger partial charge in [0.25, 0.3) is 5.09 Å². The molecule has 0 fully saturated rings. The van der Waals surface area contributed by atoms with Crippen molar-refractivity contribution < 1.29 is 15.1 Å². The van der Waals surface area contributed by atoms with E-state index in [9.17, 15) is 4.79 Å². The van der Waals surface area contributed by atoms with Gasteiger partial charge in [0.05, 0.1) is 0 Å². The minimum atomic E-state index is -1.50. The monoisotopic (exact) mass is 137 g/mol. The molecule has 0 saturated carbocycles. The third kappa shape index (κ3) is 585. The number of hydrogen-bond donors (Lipinski definition) is 3. The van der Waals surface area contributed by atoms with Crippen LogP contribution in [0.1, 0.15) is 0 Å². The van der Waals surface area contributed by atoms with Crippen molar-refractivity contribution >= 4 is 6.03 Å². The topological polar surface area (TPSA) is 118 Å². The lowest BCUT2D eigenvalue weighted by Gasteiger charge is -1.80. The second-order valence-electron chi connectivity index (χ2n) is 0.852. The minimum Gasteiger partial charge on any atom is -0.352 e. The van der Waals surface area contributed by atoms with Crippen LogP contribution in [0, 0.1) is 10.1 Å². The van der Waals surface area contributed by atoms with Crippen LogP contribution in [0.5, 0.6) is 0 Å². The number of amides is 2. The van der Waals surface area contributed by atoms with Crippen molar-refractivity contribution in [3.8, 4) is 0 Å². The molecule has 0 aliphatic carbocycles. The maximum Gasteiger partial charge on any atom is 0.311 e. The van der Waals surface area contributed by atoms with Gasteiger partial charge in [-0.05, 0) is 0 Å². The average molecular weight is 137 g/mol. The largest absolute Gasteiger partial charge is 0.352 e. The van der Waals surface area contributed by atoms with Crippen LogP contribution >= 0.6 is 0 Å². The fraction of sp³-hybridized carbons (Fsp3) is 0.500. The molecule has 0 heterocycles. The molecule has 0 radical (unpaired) electrons. The second kappa shape index (κ2) is 6.47. The summed E-state index contributed by atoms with van der Waals surface area (Å²) in [6, 6.07) is -0.495. The Balaban J connectivity index is 0. The van der Waals surface area contributed by atoms with Crippen LogP contribution in [-0.2, 0) is 0 Å². The molecule has 0 rings (SSSR count). The van der Waals surface area contributed by atoms with Gasteiger partial charge in [-0.3, -0.25) is 0 Å². The second-order valence-corrected chi connectivity index (χ2v) is 0.852. The standard InChI is InChI=1S/C2H6N2O.HNO3/c1-4-2(3)5;2-1(3)4/h1H3,(H3,3,4,5);(H,2,3,4). The molecule has 0 aliphatic heterocycles. The summed E-state index contributed by atoms with van der Waals surface area (Å²) in [6.07, 6.45) is 0. The zero-order chi connectivity index (χ0) is 7.86. The number of urea groups is 1. The van der Waals surface area contributed by atoms with Crippen LogP contribution in [-0.4, -0.2) is 23.4 Å². The van der Waals surface area contributed by atoms with Crippen molar-refractivity contribution in [2.45, 2.75) is 0 Å². The smallest absolute Gasteiger partial charge is 0.311 e. The summed E-state index contributed by atoms with van der Waals surface area (Å²) in [5.74, 6) is 0. The van der Waals surface area contributed by atoms with Crippen molar-refractivity contribution in [3.05, 3.63) is 10.1 Å². The maximum absolute atomic E-state index is 9.48. The molecule has 2 amide bonds. The Morgan fingerprint density at radius 1 is 1.89 bits per heavy atom. The van der Waals surface area contributed by atoms with E-state index in [1.807, 2.05) is 0 Å². The van der Waals surface area contributed by atoms with Gasteiger partial charge < -0.3 is 16.3 Å². The molecule has 0 spiro atoms. The number of nitrogens with one attached hydrogen (secondary N) is 1. The Hall–Kier alpha value is -1.53. The van der Waals surface area contributed by atoms with Crippen LogP contribution in [0.3, 0.4) is 0 Å². The number of carbonyl (C=O) groups excluding carboxylic acids is 1. The lowest BCUT2D eigenvalue weighted by Crippen LogP contribution is -2.24. The summed E-state index contributed by atoms with van der Waals surface area (Å²) in [6.45, 7) is 0. The highest BCUT2D eigenvalue weighted by Gasteiger charge is 1.72. The van der Waals surface area contributed by atoms with Gasteiger partial charge in [0.1, 0.15) is 0 Å². The van der Waals surface area contributed by atoms with E-state index in [0.29, 0.717) is 0 Å². The highest BCUT2D eigenvalue weighted by molar-refractivity contribution is 5.71. The summed E-state index contributed by atoms with van der Waals surface area (Å²) in [5, 5.41) is 15.8. The van der Waals surface area contributed by atoms with Gasteiger partial charge in [0, 0.05) is 7.05 Å². The molecule has 0 aromatic carbocycles. The molecule has 4 N–H and O–H groups in total. The summed E-state index contributed by atoms with van der Waals surface area (Å²) in [7, 11) is 1.47. The van der Waals surface area contributed by atoms with Crippen molar-refractivity contribution in [1.82, 2.24) is 5.32 Å². The first-order valence-corrected chi connectivity index (χ1v) is 1.81. The van der Waals surface area contributed by atoms with Crippen LogP contribution in [0.4, 0.5) is 4.79 Å². The summed E-state index contributed by atoms with van der Waals surface area (Å²) < 4.78 is 0. The van der Waals surface area contributed by atoms with E-state index in [0.717, 1.165) is 0 Å². The lowest BCUT2D eigenvalue weighted by atomic mass is 11.1. The van der Waals surface area contributed by atoms with Gasteiger partial charge in [0.15, 0.2) is 0 Å². The molecule has 0 aromatic heterocycles. The first-order valence-electron chi connectivity index (χ1n) is 1.81. The molecule has 0 aromatic rings. The summed E-state index contributed by atoms with van der Waals surface area (Å²) in [5.41, 5.74) is 4.54. The zero-order valence-corrected chi connectivity index (χ0v) is 4.70. The number of carbonyl (C=O) groups is 1. The number of nitrogens with zero attached hydrogens (tertiary/aromatic N) is 1. The normalized spacial score (nSPS) is 6.33. The Kier molecular flexibility index (Phi) is 7.51. The van der Waals surface area contributed by atoms with Crippen LogP contribution < -0.4 is 11.1 Å². The van der Waals surface area contributed by atoms with Crippen molar-refractivity contribution in [2.75, 3.05) is 7.05 Å². The highest BCUT2D eigenvalue weighted by Crippen LogP contribution is 1.38. The quantitative estimate of drug-likeness (QED) is 0.291. The lowest BCUT2D eigenvalue weighted by molar-refractivity contribution is -0.742. The third-order valence-electron chi connectivity index (χ3n) is 0.246. The van der Waals surface area contributed by atoms with Gasteiger partial charge in [-0.15, -0.1) is 10.1 Å². The minimum absolute atomic E-state index is 0.495. The molecule has 0 aliphatic rings. The molecule has 0 atom stereocenters. The Bertz CT molecular complexity index is 98.0. The van der Waals surface area contributed by atoms with E-state index >= 15 is 0 Å². The summed E-state index contributed by atoms with van der Waals surface area (Å²) in [4.78, 5) is 17.8. The van der Waals surface area contributed by atoms with E-state index < -0.39 is 11.1 Å². The fourth-order valence-corrected chi connectivity index (χ4v) is 0. The molecule has 0 saturated heterocycles.